The minimum atomic E-state index is -0.254. The molecule has 6 bridgehead atoms. The summed E-state index contributed by atoms with van der Waals surface area (Å²) in [5.41, 5.74) is 27.2. The average Bonchev–Trinajstić information content (AvgIpc) is 3.86. The normalized spacial score (nSPS) is 16.9. The highest BCUT2D eigenvalue weighted by Crippen LogP contribution is 2.54. The van der Waals surface area contributed by atoms with Crippen LogP contribution in [0.1, 0.15) is 134 Å². The van der Waals surface area contributed by atoms with E-state index in [1.54, 1.807) is 0 Å². The second-order valence-corrected chi connectivity index (χ2v) is 25.6. The molecule has 4 heteroatoms. The largest absolute Gasteiger partial charge is 0.311 e. The fourth-order valence-corrected chi connectivity index (χ4v) is 12.8. The molecule has 0 spiro atoms. The van der Waals surface area contributed by atoms with E-state index in [1.807, 2.05) is 0 Å². The first kappa shape index (κ1) is 49.3. The van der Waals surface area contributed by atoms with Crippen LogP contribution in [-0.2, 0) is 21.7 Å². The van der Waals surface area contributed by atoms with Crippen LogP contribution in [0.5, 0.6) is 0 Å². The van der Waals surface area contributed by atoms with Gasteiger partial charge >= 0.3 is 0 Å². The molecule has 76 heavy (non-hydrogen) atoms. The van der Waals surface area contributed by atoms with E-state index >= 15 is 0 Å². The summed E-state index contributed by atoms with van der Waals surface area (Å²) < 4.78 is 0. The van der Waals surface area contributed by atoms with Crippen molar-refractivity contribution in [2.75, 3.05) is 14.7 Å². The van der Waals surface area contributed by atoms with Crippen LogP contribution in [0.3, 0.4) is 0 Å². The van der Waals surface area contributed by atoms with Gasteiger partial charge in [-0.15, -0.1) is 0 Å². The molecule has 0 saturated carbocycles. The number of hydrogen-bond donors (Lipinski definition) is 0. The minimum absolute atomic E-state index is 0.0223. The number of allylic oxidation sites excluding steroid dienone is 5. The number of aryl methyl sites for hydroxylation is 1. The molecule has 378 valence electrons. The summed E-state index contributed by atoms with van der Waals surface area (Å²) in [5, 5.41) is 0. The molecule has 0 amide bonds. The smallest absolute Gasteiger partial charge is 0.252 e. The van der Waals surface area contributed by atoms with Crippen molar-refractivity contribution in [3.8, 4) is 0 Å². The second kappa shape index (κ2) is 17.8. The van der Waals surface area contributed by atoms with Crippen molar-refractivity contribution in [2.24, 2.45) is 0 Å². The van der Waals surface area contributed by atoms with Gasteiger partial charge in [0.05, 0.1) is 0 Å². The predicted molar refractivity (Wildman–Crippen MR) is 329 cm³/mol. The monoisotopic (exact) mass is 990 g/mol. The Morgan fingerprint density at radius 3 is 1.58 bits per heavy atom. The van der Waals surface area contributed by atoms with Gasteiger partial charge in [-0.2, -0.15) is 0 Å². The van der Waals surface area contributed by atoms with Gasteiger partial charge in [0.1, 0.15) is 0 Å². The number of anilines is 9. The van der Waals surface area contributed by atoms with Gasteiger partial charge in [-0.25, -0.2) is 0 Å². The molecule has 6 heterocycles. The van der Waals surface area contributed by atoms with Crippen molar-refractivity contribution in [3.05, 3.63) is 238 Å². The van der Waals surface area contributed by atoms with Crippen molar-refractivity contribution < 1.29 is 0 Å². The third-order valence-electron chi connectivity index (χ3n) is 17.0. The quantitative estimate of drug-likeness (QED) is 0.163. The van der Waals surface area contributed by atoms with E-state index in [4.69, 9.17) is 0 Å². The molecule has 6 aliphatic heterocycles. The third kappa shape index (κ3) is 8.10. The molecule has 3 nitrogen and oxygen atoms in total. The fourth-order valence-electron chi connectivity index (χ4n) is 12.8. The SMILES string of the molecule is C/C=C\C=C1/C2=Cc3ccccc3C2C(C)(C)c2ccc(cc2)N(c2ccc(C(C)(C)C)cc2)c2ccc3c(c2)N(c2ccc1cc2)c1cc(C)cc2c1B3c1cc(C(C)(C)C)ccc1N2c1ccc(C(C)(C)C)cc1. The van der Waals surface area contributed by atoms with E-state index in [1.165, 1.54) is 100 Å². The Kier molecular flexibility index (Phi) is 11.5. The van der Waals surface area contributed by atoms with Crippen LogP contribution >= 0.6 is 0 Å². The maximum Gasteiger partial charge on any atom is 0.252 e. The first-order valence-corrected chi connectivity index (χ1v) is 27.6. The molecular weight excluding hydrogens is 918 g/mol. The zero-order valence-electron chi connectivity index (χ0n) is 47.0. The number of nitrogens with zero attached hydrogens (tertiary/aromatic N) is 3. The van der Waals surface area contributed by atoms with Gasteiger partial charge < -0.3 is 14.7 Å². The molecule has 0 radical (unpaired) electrons. The molecule has 7 aliphatic rings. The van der Waals surface area contributed by atoms with Crippen LogP contribution in [0.2, 0.25) is 0 Å². The lowest BCUT2D eigenvalue weighted by Gasteiger charge is -2.45. The highest BCUT2D eigenvalue weighted by Gasteiger charge is 2.45. The van der Waals surface area contributed by atoms with Gasteiger partial charge in [0.15, 0.2) is 0 Å². The van der Waals surface area contributed by atoms with Gasteiger partial charge in [0.25, 0.3) is 6.71 Å². The molecule has 0 fully saturated rings. The molecule has 0 aromatic heterocycles. The van der Waals surface area contributed by atoms with E-state index in [9.17, 15) is 0 Å². The van der Waals surface area contributed by atoms with Crippen LogP contribution in [0.4, 0.5) is 51.2 Å². The Labute approximate surface area is 454 Å². The molecule has 1 aliphatic carbocycles. The van der Waals surface area contributed by atoms with Crippen LogP contribution < -0.4 is 31.1 Å². The topological polar surface area (TPSA) is 9.72 Å². The van der Waals surface area contributed by atoms with Crippen LogP contribution in [0.15, 0.2) is 194 Å². The summed E-state index contributed by atoms with van der Waals surface area (Å²) in [4.78, 5) is 7.61. The first-order chi connectivity index (χ1) is 36.2. The maximum atomic E-state index is 2.58. The highest BCUT2D eigenvalue weighted by atomic mass is 15.2. The summed E-state index contributed by atoms with van der Waals surface area (Å²) in [7, 11) is 0. The molecule has 15 rings (SSSR count). The third-order valence-corrected chi connectivity index (χ3v) is 17.0. The van der Waals surface area contributed by atoms with Crippen LogP contribution in [-0.4, -0.2) is 6.71 Å². The second-order valence-electron chi connectivity index (χ2n) is 25.6. The predicted octanol–water partition coefficient (Wildman–Crippen LogP) is 17.9. The van der Waals surface area contributed by atoms with E-state index in [-0.39, 0.29) is 34.3 Å². The molecule has 0 saturated heterocycles. The fraction of sp³-hybridized carbons (Fsp3) is 0.250. The molecule has 1 atom stereocenters. The molecule has 8 aromatic rings. The van der Waals surface area contributed by atoms with E-state index in [0.29, 0.717) is 0 Å². The average molecular weight is 990 g/mol. The Morgan fingerprint density at radius 2 is 1.00 bits per heavy atom. The molecule has 0 N–H and O–H groups in total. The molecule has 1 unspecified atom stereocenters. The van der Waals surface area contributed by atoms with Gasteiger partial charge in [0, 0.05) is 62.5 Å². The highest BCUT2D eigenvalue weighted by molar-refractivity contribution is 7.00. The Balaban J connectivity index is 1.15. The summed E-state index contributed by atoms with van der Waals surface area (Å²) >= 11 is 0. The lowest BCUT2D eigenvalue weighted by atomic mass is 9.33. The first-order valence-electron chi connectivity index (χ1n) is 27.6. The Morgan fingerprint density at radius 1 is 0.487 bits per heavy atom. The van der Waals surface area contributed by atoms with Crippen LogP contribution in [0, 0.1) is 6.92 Å². The van der Waals surface area contributed by atoms with Gasteiger partial charge in [-0.3, -0.25) is 0 Å². The lowest BCUT2D eigenvalue weighted by molar-refractivity contribution is 0.465. The maximum absolute atomic E-state index is 2.58. The lowest BCUT2D eigenvalue weighted by Crippen LogP contribution is -2.61. The van der Waals surface area contributed by atoms with Crippen molar-refractivity contribution >= 4 is 85.9 Å². The number of hydrogen-bond acceptors (Lipinski definition) is 3. The summed E-state index contributed by atoms with van der Waals surface area (Å²) in [6.07, 6.45) is 9.16. The van der Waals surface area contributed by atoms with Crippen molar-refractivity contribution in [2.45, 2.75) is 118 Å². The zero-order chi connectivity index (χ0) is 53.2. The zero-order valence-corrected chi connectivity index (χ0v) is 47.0. The van der Waals surface area contributed by atoms with Gasteiger partial charge in [-0.1, -0.05) is 191 Å². The van der Waals surface area contributed by atoms with Crippen molar-refractivity contribution in [1.82, 2.24) is 0 Å². The van der Waals surface area contributed by atoms with E-state index in [0.717, 1.165) is 22.7 Å². The Bertz CT molecular complexity index is 3680. The number of rotatable bonds is 3. The minimum Gasteiger partial charge on any atom is -0.311 e. The standard InChI is InChI=1S/C72H72BN3/c1-14-15-19-58-47-21-30-55(31-22-47)76-64-45-57(74(53-32-23-49(24-33-53)69(3,4)5)54-36-27-51(28-37-54)72(12,13)67-59-20-17-16-18-48(59)43-60(58)67)38-39-61(64)73-62-44-52(71(9,10)11)29-40-63(62)75(65-41-46(2)42-66(76)68(65)73)56-34-25-50(26-35-56)70(6,7)8/h14-45,67H,1-13H3/b15-14-,58-19-. The van der Waals surface area contributed by atoms with Gasteiger partial charge in [-0.05, 0) is 181 Å². The van der Waals surface area contributed by atoms with Crippen molar-refractivity contribution in [1.29, 1.82) is 0 Å². The number of benzene rings is 8. The summed E-state index contributed by atoms with van der Waals surface area (Å²) in [5.74, 6) is 0.118. The van der Waals surface area contributed by atoms with Gasteiger partial charge in [0.2, 0.25) is 0 Å². The molecule has 8 aromatic carbocycles. The molecular formula is C72H72BN3. The number of fused-ring (bicyclic) bond motifs is 4. The Hall–Kier alpha value is -7.56. The summed E-state index contributed by atoms with van der Waals surface area (Å²) in [6.45, 7) is 30.1. The van der Waals surface area contributed by atoms with Crippen LogP contribution in [0.25, 0.3) is 11.6 Å². The summed E-state index contributed by atoms with van der Waals surface area (Å²) in [6, 6.07) is 66.2. The van der Waals surface area contributed by atoms with E-state index in [2.05, 4.69) is 299 Å². The van der Waals surface area contributed by atoms with Crippen molar-refractivity contribution in [3.63, 3.8) is 0 Å². The van der Waals surface area contributed by atoms with E-state index < -0.39 is 0 Å².